The van der Waals surface area contributed by atoms with Crippen LogP contribution in [0.25, 0.3) is 0 Å². The highest BCUT2D eigenvalue weighted by Gasteiger charge is 2.26. The zero-order chi connectivity index (χ0) is 23.7. The summed E-state index contributed by atoms with van der Waals surface area (Å²) in [5.74, 6) is -1.40. The fourth-order valence-electron chi connectivity index (χ4n) is 4.97. The number of nitrogens with one attached hydrogen (secondary N) is 1. The minimum absolute atomic E-state index is 0.0710. The first-order valence-electron chi connectivity index (χ1n) is 12.4. The Morgan fingerprint density at radius 3 is 2.52 bits per heavy atom. The van der Waals surface area contributed by atoms with Gasteiger partial charge in [0.1, 0.15) is 0 Å². The Bertz CT molecular complexity index is 788. The number of hydrogen-bond donors (Lipinski definition) is 1. The number of nitriles is 1. The van der Waals surface area contributed by atoms with Crippen LogP contribution in [0.4, 0.5) is 14.5 Å². The molecule has 1 saturated carbocycles. The SMILES string of the molecule is CC(F)(F)c1cccc(N2CCN(CCC3CCC(CNC(=O)CCCC#N)CC3)CC2)c1. The summed E-state index contributed by atoms with van der Waals surface area (Å²) in [5.41, 5.74) is 0.973. The molecule has 0 radical (unpaired) electrons. The number of nitrogens with zero attached hydrogens (tertiary/aromatic N) is 3. The average Bonchev–Trinajstić information content (AvgIpc) is 2.82. The largest absolute Gasteiger partial charge is 0.369 e. The van der Waals surface area contributed by atoms with Crippen LogP contribution in [0.3, 0.4) is 0 Å². The molecule has 1 heterocycles. The molecule has 0 spiro atoms. The highest BCUT2D eigenvalue weighted by Crippen LogP contribution is 2.32. The van der Waals surface area contributed by atoms with Gasteiger partial charge >= 0.3 is 0 Å². The molecular formula is C26H38F2N4O. The number of hydrogen-bond acceptors (Lipinski definition) is 4. The van der Waals surface area contributed by atoms with Gasteiger partial charge in [0.25, 0.3) is 5.92 Å². The van der Waals surface area contributed by atoms with Crippen molar-refractivity contribution in [2.45, 2.75) is 64.2 Å². The van der Waals surface area contributed by atoms with E-state index in [2.05, 4.69) is 21.2 Å². The van der Waals surface area contributed by atoms with Gasteiger partial charge in [0, 0.05) is 63.7 Å². The number of halogens is 2. The number of carbonyl (C=O) groups is 1. The summed E-state index contributed by atoms with van der Waals surface area (Å²) in [5, 5.41) is 11.6. The number of anilines is 1. The first-order valence-corrected chi connectivity index (χ1v) is 12.4. The first-order chi connectivity index (χ1) is 15.8. The van der Waals surface area contributed by atoms with Gasteiger partial charge in [-0.05, 0) is 56.2 Å². The van der Waals surface area contributed by atoms with Crippen molar-refractivity contribution in [1.82, 2.24) is 10.2 Å². The number of alkyl halides is 2. The van der Waals surface area contributed by atoms with E-state index in [1.807, 2.05) is 6.07 Å². The van der Waals surface area contributed by atoms with Crippen LogP contribution in [-0.4, -0.2) is 50.1 Å². The Morgan fingerprint density at radius 1 is 1.15 bits per heavy atom. The molecule has 1 N–H and O–H groups in total. The molecule has 1 aliphatic heterocycles. The van der Waals surface area contributed by atoms with Crippen LogP contribution in [-0.2, 0) is 10.7 Å². The molecule has 1 saturated heterocycles. The number of carbonyl (C=O) groups excluding carboxylic acids is 1. The lowest BCUT2D eigenvalue weighted by Crippen LogP contribution is -2.47. The third-order valence-corrected chi connectivity index (χ3v) is 7.19. The fraction of sp³-hybridized carbons (Fsp3) is 0.692. The van der Waals surface area contributed by atoms with Crippen molar-refractivity contribution >= 4 is 11.6 Å². The molecule has 3 rings (SSSR count). The Kier molecular flexibility index (Phi) is 9.49. The Morgan fingerprint density at radius 2 is 1.85 bits per heavy atom. The monoisotopic (exact) mass is 460 g/mol. The van der Waals surface area contributed by atoms with E-state index in [-0.39, 0.29) is 11.5 Å². The van der Waals surface area contributed by atoms with Crippen molar-refractivity contribution in [3.8, 4) is 6.07 Å². The predicted octanol–water partition coefficient (Wildman–Crippen LogP) is 4.93. The van der Waals surface area contributed by atoms with Crippen LogP contribution in [0.1, 0.15) is 63.9 Å². The third kappa shape index (κ3) is 8.26. The maximum Gasteiger partial charge on any atom is 0.270 e. The molecule has 1 amide bonds. The summed E-state index contributed by atoms with van der Waals surface area (Å²) < 4.78 is 27.3. The van der Waals surface area contributed by atoms with Gasteiger partial charge in [0.15, 0.2) is 0 Å². The second-order valence-electron chi connectivity index (χ2n) is 9.76. The summed E-state index contributed by atoms with van der Waals surface area (Å²) in [6, 6.07) is 8.86. The van der Waals surface area contributed by atoms with Gasteiger partial charge in [-0.15, -0.1) is 0 Å². The lowest BCUT2D eigenvalue weighted by molar-refractivity contribution is -0.121. The van der Waals surface area contributed by atoms with E-state index in [0.29, 0.717) is 25.2 Å². The maximum absolute atomic E-state index is 13.6. The highest BCUT2D eigenvalue weighted by atomic mass is 19.3. The molecule has 2 fully saturated rings. The summed E-state index contributed by atoms with van der Waals surface area (Å²) in [6.07, 6.45) is 7.56. The van der Waals surface area contributed by atoms with E-state index in [1.165, 1.54) is 38.2 Å². The van der Waals surface area contributed by atoms with Crippen molar-refractivity contribution in [2.24, 2.45) is 11.8 Å². The Hall–Kier alpha value is -2.20. The van der Waals surface area contributed by atoms with Gasteiger partial charge in [0.2, 0.25) is 5.91 Å². The van der Waals surface area contributed by atoms with Gasteiger partial charge in [-0.25, -0.2) is 8.78 Å². The Balaban J connectivity index is 1.31. The van der Waals surface area contributed by atoms with Crippen LogP contribution in [0.15, 0.2) is 24.3 Å². The summed E-state index contributed by atoms with van der Waals surface area (Å²) >= 11 is 0. The summed E-state index contributed by atoms with van der Waals surface area (Å²) in [7, 11) is 0. The standard InChI is InChI=1S/C26H38F2N4O/c1-26(27,28)23-5-4-6-24(19-23)32-17-15-31(16-18-32)14-12-21-8-10-22(11-9-21)20-30-25(33)7-2-3-13-29/h4-6,19,21-22H,2-3,7-12,14-18,20H2,1H3,(H,30,33). The molecule has 1 aromatic carbocycles. The van der Waals surface area contributed by atoms with E-state index in [9.17, 15) is 13.6 Å². The quantitative estimate of drug-likeness (QED) is 0.503. The normalized spacial score (nSPS) is 22.1. The molecule has 0 atom stereocenters. The number of amides is 1. The highest BCUT2D eigenvalue weighted by molar-refractivity contribution is 5.75. The lowest BCUT2D eigenvalue weighted by atomic mass is 9.80. The van der Waals surface area contributed by atoms with Crippen molar-refractivity contribution in [3.05, 3.63) is 29.8 Å². The van der Waals surface area contributed by atoms with E-state index >= 15 is 0 Å². The van der Waals surface area contributed by atoms with Gasteiger partial charge in [-0.1, -0.05) is 25.0 Å². The van der Waals surface area contributed by atoms with Crippen molar-refractivity contribution < 1.29 is 13.6 Å². The second kappa shape index (κ2) is 12.3. The number of unbranched alkanes of at least 4 members (excludes halogenated alkanes) is 1. The third-order valence-electron chi connectivity index (χ3n) is 7.19. The van der Waals surface area contributed by atoms with Gasteiger partial charge in [-0.2, -0.15) is 5.26 Å². The lowest BCUT2D eigenvalue weighted by Gasteiger charge is -2.37. The topological polar surface area (TPSA) is 59.4 Å². The molecule has 5 nitrogen and oxygen atoms in total. The molecule has 0 unspecified atom stereocenters. The fourth-order valence-corrected chi connectivity index (χ4v) is 4.97. The van der Waals surface area contributed by atoms with Crippen LogP contribution >= 0.6 is 0 Å². The summed E-state index contributed by atoms with van der Waals surface area (Å²) in [6.45, 7) is 6.52. The molecule has 1 aromatic rings. The van der Waals surface area contributed by atoms with Crippen molar-refractivity contribution in [1.29, 1.82) is 5.26 Å². The molecular weight excluding hydrogens is 422 g/mol. The maximum atomic E-state index is 13.6. The van der Waals surface area contributed by atoms with Crippen LogP contribution < -0.4 is 10.2 Å². The number of piperazine rings is 1. The Labute approximate surface area is 197 Å². The van der Waals surface area contributed by atoms with E-state index in [0.717, 1.165) is 57.8 Å². The molecule has 0 bridgehead atoms. The molecule has 0 aromatic heterocycles. The zero-order valence-electron chi connectivity index (χ0n) is 19.9. The average molecular weight is 461 g/mol. The van der Waals surface area contributed by atoms with E-state index < -0.39 is 5.92 Å². The smallest absolute Gasteiger partial charge is 0.270 e. The van der Waals surface area contributed by atoms with Crippen LogP contribution in [0, 0.1) is 23.2 Å². The van der Waals surface area contributed by atoms with E-state index in [1.54, 1.807) is 12.1 Å². The zero-order valence-corrected chi connectivity index (χ0v) is 19.9. The number of benzene rings is 1. The molecule has 182 valence electrons. The summed E-state index contributed by atoms with van der Waals surface area (Å²) in [4.78, 5) is 16.5. The minimum atomic E-state index is -2.81. The molecule has 7 heteroatoms. The van der Waals surface area contributed by atoms with Crippen LogP contribution in [0.5, 0.6) is 0 Å². The van der Waals surface area contributed by atoms with Gasteiger partial charge in [0.05, 0.1) is 6.07 Å². The van der Waals surface area contributed by atoms with Crippen molar-refractivity contribution in [2.75, 3.05) is 44.2 Å². The minimum Gasteiger partial charge on any atom is -0.369 e. The predicted molar refractivity (Wildman–Crippen MR) is 127 cm³/mol. The van der Waals surface area contributed by atoms with Crippen LogP contribution in [0.2, 0.25) is 0 Å². The molecule has 2 aliphatic rings. The van der Waals surface area contributed by atoms with Gasteiger partial charge in [-0.3, -0.25) is 9.69 Å². The van der Waals surface area contributed by atoms with Gasteiger partial charge < -0.3 is 10.2 Å². The van der Waals surface area contributed by atoms with E-state index in [4.69, 9.17) is 5.26 Å². The first kappa shape index (κ1) is 25.4. The van der Waals surface area contributed by atoms with Crippen molar-refractivity contribution in [3.63, 3.8) is 0 Å². The second-order valence-corrected chi connectivity index (χ2v) is 9.76. The number of rotatable bonds is 10. The molecule has 1 aliphatic carbocycles. The molecule has 33 heavy (non-hydrogen) atoms.